The molecule has 1 amide bonds. The molecule has 7 rings (SSSR count). The second-order valence-electron chi connectivity index (χ2n) is 11.3. The quantitative estimate of drug-likeness (QED) is 0.0773. The van der Waals surface area contributed by atoms with Crippen LogP contribution in [0.3, 0.4) is 0 Å². The molecule has 7 aromatic rings. The van der Waals surface area contributed by atoms with Gasteiger partial charge in [-0.25, -0.2) is 37.7 Å². The Bertz CT molecular complexity index is 2910. The van der Waals surface area contributed by atoms with Gasteiger partial charge in [-0.1, -0.05) is 17.7 Å². The van der Waals surface area contributed by atoms with Gasteiger partial charge in [0, 0.05) is 37.2 Å². The van der Waals surface area contributed by atoms with E-state index in [4.69, 9.17) is 5.11 Å². The Kier molecular flexibility index (Phi) is 17.2. The molecule has 0 bridgehead atoms. The molecule has 0 aliphatic carbocycles. The summed E-state index contributed by atoms with van der Waals surface area (Å²) in [7, 11) is -2.91. The molecule has 0 saturated carbocycles. The molecule has 24 nitrogen and oxygen atoms in total. The predicted octanol–water partition coefficient (Wildman–Crippen LogP) is -2.58. The van der Waals surface area contributed by atoms with E-state index in [2.05, 4.69) is 65.2 Å². The molecule has 6 aromatic heterocycles. The van der Waals surface area contributed by atoms with E-state index in [1.54, 1.807) is 55.5 Å². The van der Waals surface area contributed by atoms with Crippen LogP contribution in [0.5, 0.6) is 0 Å². The molecule has 0 fully saturated rings. The number of amides is 1. The van der Waals surface area contributed by atoms with Crippen LogP contribution in [0.2, 0.25) is 0 Å². The number of aromatic nitrogens is 12. The smallest absolute Gasteiger partial charge is 0.870 e. The molecule has 6 N–H and O–H groups in total. The average Bonchev–Trinajstić information content (AvgIpc) is 3.24. The van der Waals surface area contributed by atoms with Crippen molar-refractivity contribution in [2.24, 2.45) is 0 Å². The summed E-state index contributed by atoms with van der Waals surface area (Å²) in [5, 5.41) is 30.9. The average molecular weight is 862 g/mol. The van der Waals surface area contributed by atoms with Crippen molar-refractivity contribution >= 4 is 27.9 Å². The molecule has 306 valence electrons. The Hall–Kier alpha value is -7.58. The number of methoxy groups -OCH3 is 1. The van der Waals surface area contributed by atoms with Crippen LogP contribution in [0.4, 0.5) is 0 Å². The Morgan fingerprint density at radius 1 is 0.639 bits per heavy atom. The first-order valence-electron chi connectivity index (χ1n) is 16.3. The molecule has 1 aromatic carbocycles. The second-order valence-corrected chi connectivity index (χ2v) is 13.0. The summed E-state index contributed by atoms with van der Waals surface area (Å²) >= 11 is 0. The molecular weight excluding hydrogens is 834 g/mol. The monoisotopic (exact) mass is 861 g/mol. The number of carboxylic acids is 1. The van der Waals surface area contributed by atoms with E-state index in [-0.39, 0.29) is 63.0 Å². The standard InChI is InChI=1S/C16H13N5O4S.C10H8N4O3.C9H6N4O3.Na.H2O/c1-10-4-6-11(7-5-10)26(24,25)21-16(23)12-9-17-14(19-15(12)22)13-3-2-8-18-20-13;1-17-10(16)6-5-11-8(13-9(6)15)7-3-2-4-12-14-7;14-8-5(9(15)16)4-10-7(12-8)6-2-1-3-11-13-6;;/h2-9H,1H3,(H,21,23)(H,17,19,22);2-5H,1H3,(H,11,13,15);1-4H,(H,15,16)(H,10,12,14);;1H2/q;;;+1;/p-1. The number of hydrogen-bond donors (Lipinski definition) is 5. The van der Waals surface area contributed by atoms with Crippen LogP contribution in [-0.4, -0.2) is 104 Å². The molecular formula is C35H28N13NaO11S. The van der Waals surface area contributed by atoms with E-state index in [0.29, 0.717) is 17.1 Å². The van der Waals surface area contributed by atoms with Crippen LogP contribution in [0, 0.1) is 6.92 Å². The molecule has 0 aliphatic rings. The topological polar surface area (TPSA) is 371 Å². The zero-order chi connectivity index (χ0) is 42.5. The number of H-pyrrole nitrogens is 3. The van der Waals surface area contributed by atoms with Crippen molar-refractivity contribution in [3.05, 3.63) is 151 Å². The summed E-state index contributed by atoms with van der Waals surface area (Å²) in [6.45, 7) is 1.80. The van der Waals surface area contributed by atoms with Crippen molar-refractivity contribution in [2.75, 3.05) is 7.11 Å². The van der Waals surface area contributed by atoms with Gasteiger partial charge in [-0.15, -0.1) is 15.3 Å². The fourth-order valence-electron chi connectivity index (χ4n) is 4.38. The Balaban J connectivity index is 0.000000250. The van der Waals surface area contributed by atoms with E-state index < -0.39 is 55.7 Å². The molecule has 0 saturated heterocycles. The van der Waals surface area contributed by atoms with Crippen molar-refractivity contribution in [1.82, 2.24) is 65.2 Å². The molecule has 0 spiro atoms. The number of benzene rings is 1. The number of esters is 1. The summed E-state index contributed by atoms with van der Waals surface area (Å²) in [4.78, 5) is 87.7. The van der Waals surface area contributed by atoms with E-state index in [1.807, 2.05) is 4.72 Å². The first-order valence-corrected chi connectivity index (χ1v) is 17.8. The normalized spacial score (nSPS) is 10.1. The minimum atomic E-state index is -4.11. The number of rotatable bonds is 8. The molecule has 6 heterocycles. The van der Waals surface area contributed by atoms with Crippen molar-refractivity contribution in [3.63, 3.8) is 0 Å². The summed E-state index contributed by atoms with van der Waals surface area (Å²) in [6, 6.07) is 15.7. The largest absolute Gasteiger partial charge is 1.00 e. The van der Waals surface area contributed by atoms with Gasteiger partial charge in [-0.05, 0) is 55.5 Å². The van der Waals surface area contributed by atoms with Crippen molar-refractivity contribution in [2.45, 2.75) is 11.8 Å². The number of carbonyl (C=O) groups is 3. The summed E-state index contributed by atoms with van der Waals surface area (Å²) < 4.78 is 30.8. The van der Waals surface area contributed by atoms with Crippen LogP contribution in [-0.2, 0) is 14.8 Å². The van der Waals surface area contributed by atoms with Crippen molar-refractivity contribution in [3.8, 4) is 34.6 Å². The minimum absolute atomic E-state index is 0. The van der Waals surface area contributed by atoms with Crippen LogP contribution in [0.1, 0.15) is 36.6 Å². The Labute approximate surface area is 363 Å². The summed E-state index contributed by atoms with van der Waals surface area (Å²) in [6.07, 6.45) is 7.57. The van der Waals surface area contributed by atoms with Gasteiger partial charge in [0.05, 0.1) is 12.0 Å². The van der Waals surface area contributed by atoms with Crippen LogP contribution >= 0.6 is 0 Å². The number of aromatic carboxylic acids is 1. The number of carboxylic acid groups (broad SMARTS) is 1. The zero-order valence-electron chi connectivity index (χ0n) is 31.7. The van der Waals surface area contributed by atoms with Gasteiger partial charge < -0.3 is 30.3 Å². The van der Waals surface area contributed by atoms with Gasteiger partial charge in [0.15, 0.2) is 17.5 Å². The Morgan fingerprint density at radius 2 is 1.03 bits per heavy atom. The van der Waals surface area contributed by atoms with Gasteiger partial charge in [-0.2, -0.15) is 15.3 Å². The van der Waals surface area contributed by atoms with Gasteiger partial charge >= 0.3 is 41.5 Å². The maximum Gasteiger partial charge on any atom is 1.00 e. The molecule has 0 unspecified atom stereocenters. The third-order valence-electron chi connectivity index (χ3n) is 7.28. The van der Waals surface area contributed by atoms with Crippen LogP contribution in [0.25, 0.3) is 34.6 Å². The van der Waals surface area contributed by atoms with Gasteiger partial charge in [-0.3, -0.25) is 19.2 Å². The van der Waals surface area contributed by atoms with Gasteiger partial charge in [0.1, 0.15) is 33.8 Å². The molecule has 0 radical (unpaired) electrons. The number of hydrogen-bond acceptors (Lipinski definition) is 19. The van der Waals surface area contributed by atoms with E-state index in [9.17, 15) is 37.2 Å². The fourth-order valence-corrected chi connectivity index (χ4v) is 5.35. The third kappa shape index (κ3) is 12.7. The Morgan fingerprint density at radius 3 is 1.38 bits per heavy atom. The third-order valence-corrected chi connectivity index (χ3v) is 8.63. The first kappa shape index (κ1) is 47.8. The SMILES string of the molecule is COC(=O)c1cnc(-c2cccnn2)[nH]c1=O.Cc1ccc(S(=O)(=O)NC(=O)c2cnc(-c3cccnn3)[nH]c2=O)cc1.O=C(O)c1cnc(-c2cccnn2)[nH]c1=O.[Na+].[OH-]. The number of aryl methyl sites for hydroxylation is 1. The second kappa shape index (κ2) is 22.0. The number of aromatic amines is 3. The predicted molar refractivity (Wildman–Crippen MR) is 204 cm³/mol. The van der Waals surface area contributed by atoms with E-state index in [0.717, 1.165) is 24.2 Å². The van der Waals surface area contributed by atoms with Gasteiger partial charge in [0.25, 0.3) is 32.6 Å². The molecule has 61 heavy (non-hydrogen) atoms. The maximum absolute atomic E-state index is 12.2. The molecule has 0 atom stereocenters. The number of carbonyl (C=O) groups excluding carboxylic acids is 2. The number of sulfonamides is 1. The van der Waals surface area contributed by atoms with Gasteiger partial charge in [0.2, 0.25) is 0 Å². The molecule has 26 heteroatoms. The van der Waals surface area contributed by atoms with Crippen LogP contribution in [0.15, 0.2) is 117 Å². The fraction of sp³-hybridized carbons (Fsp3) is 0.0571. The first-order chi connectivity index (χ1) is 28.3. The minimum Gasteiger partial charge on any atom is -0.870 e. The zero-order valence-corrected chi connectivity index (χ0v) is 34.6. The summed E-state index contributed by atoms with van der Waals surface area (Å²) in [5.74, 6) is -2.59. The maximum atomic E-state index is 12.2. The van der Waals surface area contributed by atoms with Crippen LogP contribution < -0.4 is 51.0 Å². The number of nitrogens with one attached hydrogen (secondary N) is 4. The summed E-state index contributed by atoms with van der Waals surface area (Å²) in [5.41, 5.74) is -1.12. The number of nitrogens with zero attached hydrogens (tertiary/aromatic N) is 9. The molecule has 0 aliphatic heterocycles. The van der Waals surface area contributed by atoms with E-state index >= 15 is 0 Å². The number of ether oxygens (including phenoxy) is 1. The van der Waals surface area contributed by atoms with Crippen molar-refractivity contribution < 1.29 is 67.7 Å². The van der Waals surface area contributed by atoms with Crippen molar-refractivity contribution in [1.29, 1.82) is 0 Å². The van der Waals surface area contributed by atoms with E-state index in [1.165, 1.54) is 37.8 Å².